The highest BCUT2D eigenvalue weighted by Crippen LogP contribution is 2.26. The predicted octanol–water partition coefficient (Wildman–Crippen LogP) is 5.08. The molecule has 2 aromatic carbocycles. The van der Waals surface area contributed by atoms with Gasteiger partial charge in [0.1, 0.15) is 18.1 Å². The fraction of sp³-hybridized carbons (Fsp3) is 0.200. The number of para-hydroxylation sites is 1. The lowest BCUT2D eigenvalue weighted by Gasteiger charge is -2.13. The van der Waals surface area contributed by atoms with Crippen LogP contribution in [0.1, 0.15) is 29.9 Å². The van der Waals surface area contributed by atoms with Crippen LogP contribution < -0.4 is 5.32 Å². The number of nitrogens with one attached hydrogen (secondary N) is 1. The Hall–Kier alpha value is -3.87. The Morgan fingerprint density at radius 3 is 2.44 bits per heavy atom. The fourth-order valence-electron chi connectivity index (χ4n) is 3.63. The first kappa shape index (κ1) is 21.4. The molecule has 0 atom stereocenters. The molecule has 0 fully saturated rings. The minimum absolute atomic E-state index is 0.0617. The molecule has 2 heterocycles. The average molecular weight is 433 g/mol. The second-order valence-electron chi connectivity index (χ2n) is 7.87. The maximum atomic E-state index is 13.4. The highest BCUT2D eigenvalue weighted by atomic mass is 19.1. The highest BCUT2D eigenvalue weighted by molar-refractivity contribution is 5.98. The van der Waals surface area contributed by atoms with E-state index in [9.17, 15) is 14.0 Å². The van der Waals surface area contributed by atoms with Crippen LogP contribution in [0.3, 0.4) is 0 Å². The minimum atomic E-state index is -0.509. The summed E-state index contributed by atoms with van der Waals surface area (Å²) in [5.74, 6) is -1.10. The minimum Gasteiger partial charge on any atom is -0.458 e. The van der Waals surface area contributed by atoms with Gasteiger partial charge in [0.05, 0.1) is 17.1 Å². The number of fused-ring (bicyclic) bond motifs is 1. The number of hydrogen-bond acceptors (Lipinski definition) is 3. The number of nitrogens with zero attached hydrogens (tertiary/aromatic N) is 2. The fourth-order valence-corrected chi connectivity index (χ4v) is 3.63. The van der Waals surface area contributed by atoms with Gasteiger partial charge in [0, 0.05) is 17.6 Å². The molecular weight excluding hydrogens is 409 g/mol. The monoisotopic (exact) mass is 433 g/mol. The first-order valence-electron chi connectivity index (χ1n) is 10.4. The van der Waals surface area contributed by atoms with Crippen LogP contribution in [0, 0.1) is 12.7 Å². The van der Waals surface area contributed by atoms with Gasteiger partial charge < -0.3 is 19.2 Å². The van der Waals surface area contributed by atoms with Crippen molar-refractivity contribution < 1.29 is 18.7 Å². The topological polar surface area (TPSA) is 65.3 Å². The molecule has 0 radical (unpaired) electrons. The molecule has 164 valence electrons. The third-order valence-electron chi connectivity index (χ3n) is 5.14. The van der Waals surface area contributed by atoms with Crippen LogP contribution in [0.15, 0.2) is 66.9 Å². The maximum absolute atomic E-state index is 13.4. The van der Waals surface area contributed by atoms with Gasteiger partial charge in [-0.1, -0.05) is 18.2 Å². The summed E-state index contributed by atoms with van der Waals surface area (Å²) in [6.07, 6.45) is 1.52. The van der Waals surface area contributed by atoms with Gasteiger partial charge in [-0.15, -0.1) is 0 Å². The van der Waals surface area contributed by atoms with E-state index in [1.54, 1.807) is 36.6 Å². The zero-order chi connectivity index (χ0) is 22.8. The van der Waals surface area contributed by atoms with E-state index in [1.165, 1.54) is 12.1 Å². The number of aromatic nitrogens is 2. The molecule has 0 saturated carbocycles. The quantitative estimate of drug-likeness (QED) is 0.431. The summed E-state index contributed by atoms with van der Waals surface area (Å²) in [5.41, 5.74) is 4.10. The summed E-state index contributed by atoms with van der Waals surface area (Å²) in [6, 6.07) is 17.1. The number of esters is 1. The Morgan fingerprint density at radius 1 is 1.03 bits per heavy atom. The summed E-state index contributed by atoms with van der Waals surface area (Å²) in [7, 11) is 0. The Labute approximate surface area is 185 Å². The lowest BCUT2D eigenvalue weighted by molar-refractivity contribution is -0.116. The van der Waals surface area contributed by atoms with E-state index in [1.807, 2.05) is 48.0 Å². The number of hydrogen-bond donors (Lipinski definition) is 1. The molecule has 0 spiro atoms. The van der Waals surface area contributed by atoms with Gasteiger partial charge in [-0.05, 0) is 68.8 Å². The van der Waals surface area contributed by atoms with Crippen molar-refractivity contribution >= 4 is 28.6 Å². The molecule has 32 heavy (non-hydrogen) atoms. The highest BCUT2D eigenvalue weighted by Gasteiger charge is 2.22. The molecule has 0 bridgehead atoms. The van der Waals surface area contributed by atoms with Crippen molar-refractivity contribution in [2.75, 3.05) is 5.32 Å². The van der Waals surface area contributed by atoms with Crippen molar-refractivity contribution in [3.05, 3.63) is 83.9 Å². The van der Waals surface area contributed by atoms with Crippen molar-refractivity contribution in [1.29, 1.82) is 0 Å². The van der Waals surface area contributed by atoms with Crippen LogP contribution in [-0.4, -0.2) is 27.1 Å². The van der Waals surface area contributed by atoms with E-state index in [4.69, 9.17) is 4.74 Å². The molecule has 0 aliphatic rings. The van der Waals surface area contributed by atoms with Crippen LogP contribution in [0.25, 0.3) is 16.7 Å². The summed E-state index contributed by atoms with van der Waals surface area (Å²) >= 11 is 0. The molecule has 0 aliphatic heterocycles. The maximum Gasteiger partial charge on any atom is 0.355 e. The zero-order valence-corrected chi connectivity index (χ0v) is 18.1. The van der Waals surface area contributed by atoms with E-state index in [0.717, 1.165) is 22.5 Å². The SMILES string of the molecule is Cc1ccccc1NC(=O)Cn1c(C(=O)OC(C)C)cc2c1ccn2-c1ccc(F)cc1. The first-order chi connectivity index (χ1) is 15.3. The number of carbonyl (C=O) groups excluding carboxylic acids is 2. The van der Waals surface area contributed by atoms with Crippen LogP contribution in [0.5, 0.6) is 0 Å². The third kappa shape index (κ3) is 4.27. The molecule has 0 unspecified atom stereocenters. The number of benzene rings is 2. The second-order valence-corrected chi connectivity index (χ2v) is 7.87. The summed E-state index contributed by atoms with van der Waals surface area (Å²) in [4.78, 5) is 25.7. The summed E-state index contributed by atoms with van der Waals surface area (Å²) in [6.45, 7) is 5.40. The first-order valence-corrected chi connectivity index (χ1v) is 10.4. The van der Waals surface area contributed by atoms with Crippen molar-refractivity contribution in [3.8, 4) is 5.69 Å². The van der Waals surface area contributed by atoms with Gasteiger partial charge in [-0.2, -0.15) is 0 Å². The van der Waals surface area contributed by atoms with Gasteiger partial charge in [-0.25, -0.2) is 9.18 Å². The standard InChI is InChI=1S/C25H24FN3O3/c1-16(2)32-25(31)23-14-22-21(12-13-28(22)19-10-8-18(26)9-11-19)29(23)15-24(30)27-20-7-5-4-6-17(20)3/h4-14,16H,15H2,1-3H3,(H,27,30). The van der Waals surface area contributed by atoms with Gasteiger partial charge in [0.25, 0.3) is 0 Å². The zero-order valence-electron chi connectivity index (χ0n) is 18.1. The van der Waals surface area contributed by atoms with Crippen molar-refractivity contribution in [1.82, 2.24) is 9.13 Å². The Bertz CT molecular complexity index is 1290. The van der Waals surface area contributed by atoms with Gasteiger partial charge in [0.15, 0.2) is 0 Å². The third-order valence-corrected chi connectivity index (χ3v) is 5.14. The lowest BCUT2D eigenvalue weighted by Crippen LogP contribution is -2.23. The number of carbonyl (C=O) groups is 2. The molecule has 0 aliphatic carbocycles. The van der Waals surface area contributed by atoms with Crippen molar-refractivity contribution in [2.24, 2.45) is 0 Å². The number of halogens is 1. The number of anilines is 1. The van der Waals surface area contributed by atoms with Crippen molar-refractivity contribution in [3.63, 3.8) is 0 Å². The molecule has 7 heteroatoms. The van der Waals surface area contributed by atoms with Gasteiger partial charge in [0.2, 0.25) is 5.91 Å². The van der Waals surface area contributed by atoms with E-state index in [-0.39, 0.29) is 30.1 Å². The van der Waals surface area contributed by atoms with Gasteiger partial charge >= 0.3 is 5.97 Å². The Kier molecular flexibility index (Phi) is 5.81. The number of ether oxygens (including phenoxy) is 1. The van der Waals surface area contributed by atoms with E-state index < -0.39 is 5.97 Å². The Morgan fingerprint density at radius 2 is 1.75 bits per heavy atom. The lowest BCUT2D eigenvalue weighted by atomic mass is 10.2. The normalized spacial score (nSPS) is 11.2. The molecule has 0 saturated heterocycles. The molecule has 2 aromatic heterocycles. The van der Waals surface area contributed by atoms with Crippen LogP contribution in [0.2, 0.25) is 0 Å². The van der Waals surface area contributed by atoms with E-state index in [2.05, 4.69) is 5.32 Å². The predicted molar refractivity (Wildman–Crippen MR) is 122 cm³/mol. The van der Waals surface area contributed by atoms with Crippen molar-refractivity contribution in [2.45, 2.75) is 33.4 Å². The Balaban J connectivity index is 1.73. The van der Waals surface area contributed by atoms with E-state index in [0.29, 0.717) is 5.52 Å². The molecule has 4 rings (SSSR count). The molecule has 1 N–H and O–H groups in total. The van der Waals surface area contributed by atoms with Crippen LogP contribution >= 0.6 is 0 Å². The molecule has 1 amide bonds. The van der Waals surface area contributed by atoms with Crippen LogP contribution in [0.4, 0.5) is 10.1 Å². The number of amides is 1. The van der Waals surface area contributed by atoms with Gasteiger partial charge in [-0.3, -0.25) is 4.79 Å². The molecular formula is C25H24FN3O3. The smallest absolute Gasteiger partial charge is 0.355 e. The molecule has 6 nitrogen and oxygen atoms in total. The second kappa shape index (κ2) is 8.70. The number of rotatable bonds is 6. The summed E-state index contributed by atoms with van der Waals surface area (Å²) in [5, 5.41) is 2.90. The summed E-state index contributed by atoms with van der Waals surface area (Å²) < 4.78 is 22.3. The largest absolute Gasteiger partial charge is 0.458 e. The molecule has 4 aromatic rings. The number of aryl methyl sites for hydroxylation is 1. The van der Waals surface area contributed by atoms with Crippen LogP contribution in [-0.2, 0) is 16.1 Å². The average Bonchev–Trinajstić information content (AvgIpc) is 3.30. The van der Waals surface area contributed by atoms with E-state index >= 15 is 0 Å².